The van der Waals surface area contributed by atoms with Crippen molar-refractivity contribution in [3.8, 4) is 11.5 Å². The molecule has 0 spiro atoms. The van der Waals surface area contributed by atoms with Gasteiger partial charge in [0.05, 0.1) is 5.92 Å². The predicted octanol–water partition coefficient (Wildman–Crippen LogP) is 3.62. The van der Waals surface area contributed by atoms with Gasteiger partial charge in [-0.15, -0.1) is 0 Å². The summed E-state index contributed by atoms with van der Waals surface area (Å²) in [7, 11) is 0. The van der Waals surface area contributed by atoms with Crippen LogP contribution < -0.4 is 19.7 Å². The van der Waals surface area contributed by atoms with Crippen LogP contribution in [0.2, 0.25) is 0 Å². The number of halogens is 1. The largest absolute Gasteiger partial charge is 0.454 e. The van der Waals surface area contributed by atoms with Crippen molar-refractivity contribution in [2.45, 2.75) is 25.7 Å². The fraction of sp³-hybridized carbons (Fsp3) is 0.364. The van der Waals surface area contributed by atoms with Crippen LogP contribution in [0, 0.1) is 5.92 Å². The van der Waals surface area contributed by atoms with Gasteiger partial charge in [0.2, 0.25) is 18.6 Å². The van der Waals surface area contributed by atoms with Crippen LogP contribution in [0.15, 0.2) is 46.9 Å². The van der Waals surface area contributed by atoms with Crippen molar-refractivity contribution in [1.29, 1.82) is 0 Å². The van der Waals surface area contributed by atoms with E-state index < -0.39 is 0 Å². The number of carbonyl (C=O) groups is 2. The first-order chi connectivity index (χ1) is 13.8. The summed E-state index contributed by atoms with van der Waals surface area (Å²) in [5.74, 6) is 0.779. The zero-order valence-corrected chi connectivity index (χ0v) is 18.0. The van der Waals surface area contributed by atoms with Gasteiger partial charge in [-0.2, -0.15) is 0 Å². The number of fused-ring (bicyclic) bond motifs is 1. The van der Waals surface area contributed by atoms with Crippen molar-refractivity contribution in [2.75, 3.05) is 24.8 Å². The van der Waals surface area contributed by atoms with Crippen LogP contribution in [0.5, 0.6) is 11.5 Å². The second-order valence-electron chi connectivity index (χ2n) is 8.05. The Kier molecular flexibility index (Phi) is 5.25. The average molecular weight is 459 g/mol. The van der Waals surface area contributed by atoms with Gasteiger partial charge >= 0.3 is 0 Å². The zero-order chi connectivity index (χ0) is 20.6. The molecule has 0 saturated carbocycles. The van der Waals surface area contributed by atoms with E-state index in [0.29, 0.717) is 24.6 Å². The normalized spacial score (nSPS) is 18.2. The topological polar surface area (TPSA) is 67.9 Å². The van der Waals surface area contributed by atoms with Gasteiger partial charge in [0.25, 0.3) is 0 Å². The minimum Gasteiger partial charge on any atom is -0.454 e. The molecule has 4 rings (SSSR count). The Morgan fingerprint density at radius 2 is 1.90 bits per heavy atom. The van der Waals surface area contributed by atoms with E-state index in [1.807, 2.05) is 18.2 Å². The SMILES string of the molecule is CC(C)(CNC(=O)C1CC(=O)N(c2ccc3c(c2)OCO3)C1)c1ccc(Br)cc1. The number of carbonyl (C=O) groups excluding carboxylic acids is 2. The van der Waals surface area contributed by atoms with E-state index in [1.54, 1.807) is 17.0 Å². The van der Waals surface area contributed by atoms with Crippen LogP contribution in [0.4, 0.5) is 5.69 Å². The minimum atomic E-state index is -0.367. The van der Waals surface area contributed by atoms with Gasteiger partial charge < -0.3 is 19.7 Å². The maximum Gasteiger partial charge on any atom is 0.231 e. The van der Waals surface area contributed by atoms with Gasteiger partial charge in [0.15, 0.2) is 11.5 Å². The average Bonchev–Trinajstić information content (AvgIpc) is 3.32. The maximum absolute atomic E-state index is 12.7. The number of hydrogen-bond donors (Lipinski definition) is 1. The molecule has 152 valence electrons. The number of nitrogens with one attached hydrogen (secondary N) is 1. The summed E-state index contributed by atoms with van der Waals surface area (Å²) in [4.78, 5) is 26.9. The van der Waals surface area contributed by atoms with Crippen molar-refractivity contribution >= 4 is 33.4 Å². The number of ether oxygens (including phenoxy) is 2. The molecule has 2 aromatic carbocycles. The first-order valence-electron chi connectivity index (χ1n) is 9.57. The highest BCUT2D eigenvalue weighted by Gasteiger charge is 2.36. The second-order valence-corrected chi connectivity index (χ2v) is 8.97. The molecule has 0 aliphatic carbocycles. The van der Waals surface area contributed by atoms with Crippen molar-refractivity contribution in [1.82, 2.24) is 5.32 Å². The Hall–Kier alpha value is -2.54. The molecule has 0 bridgehead atoms. The lowest BCUT2D eigenvalue weighted by atomic mass is 9.84. The zero-order valence-electron chi connectivity index (χ0n) is 16.4. The van der Waals surface area contributed by atoms with Gasteiger partial charge in [-0.1, -0.05) is 41.9 Å². The number of rotatable bonds is 5. The van der Waals surface area contributed by atoms with Crippen LogP contribution in [-0.4, -0.2) is 31.7 Å². The molecule has 1 atom stereocenters. The molecular formula is C22H23BrN2O4. The van der Waals surface area contributed by atoms with Crippen LogP contribution >= 0.6 is 15.9 Å². The lowest BCUT2D eigenvalue weighted by molar-refractivity contribution is -0.126. The molecule has 2 amide bonds. The third kappa shape index (κ3) is 4.10. The number of benzene rings is 2. The Morgan fingerprint density at radius 3 is 2.66 bits per heavy atom. The molecule has 1 fully saturated rings. The van der Waals surface area contributed by atoms with E-state index in [9.17, 15) is 9.59 Å². The van der Waals surface area contributed by atoms with Gasteiger partial charge in [-0.25, -0.2) is 0 Å². The summed E-state index contributed by atoms with van der Waals surface area (Å²) < 4.78 is 11.7. The van der Waals surface area contributed by atoms with Gasteiger partial charge in [0, 0.05) is 41.2 Å². The molecule has 2 aromatic rings. The van der Waals surface area contributed by atoms with Crippen LogP contribution in [-0.2, 0) is 15.0 Å². The third-order valence-electron chi connectivity index (χ3n) is 5.49. The first kappa shape index (κ1) is 19.8. The Balaban J connectivity index is 1.38. The van der Waals surface area contributed by atoms with Gasteiger partial charge in [-0.3, -0.25) is 9.59 Å². The first-order valence-corrected chi connectivity index (χ1v) is 10.4. The molecule has 6 nitrogen and oxygen atoms in total. The van der Waals surface area contributed by atoms with E-state index in [4.69, 9.17) is 9.47 Å². The van der Waals surface area contributed by atoms with E-state index in [1.165, 1.54) is 0 Å². The summed E-state index contributed by atoms with van der Waals surface area (Å²) in [5.41, 5.74) is 1.66. The van der Waals surface area contributed by atoms with E-state index in [-0.39, 0.29) is 36.4 Å². The van der Waals surface area contributed by atoms with Crippen molar-refractivity contribution in [3.05, 3.63) is 52.5 Å². The highest BCUT2D eigenvalue weighted by atomic mass is 79.9. The van der Waals surface area contributed by atoms with Gasteiger partial charge in [-0.05, 0) is 29.8 Å². The van der Waals surface area contributed by atoms with Crippen molar-refractivity contribution in [2.24, 2.45) is 5.92 Å². The molecule has 2 heterocycles. The lowest BCUT2D eigenvalue weighted by Gasteiger charge is -2.26. The second kappa shape index (κ2) is 7.71. The van der Waals surface area contributed by atoms with Crippen LogP contribution in [0.1, 0.15) is 25.8 Å². The standard InChI is InChI=1S/C22H23BrN2O4/c1-22(2,15-3-5-16(23)6-4-15)12-24-21(27)14-9-20(26)25(11-14)17-7-8-18-19(10-17)29-13-28-18/h3-8,10,14H,9,11-13H2,1-2H3,(H,24,27). The Bertz CT molecular complexity index is 942. The van der Waals surface area contributed by atoms with E-state index in [0.717, 1.165) is 15.7 Å². The molecule has 0 radical (unpaired) electrons. The molecule has 29 heavy (non-hydrogen) atoms. The molecule has 1 unspecified atom stereocenters. The highest BCUT2D eigenvalue weighted by molar-refractivity contribution is 9.10. The summed E-state index contributed by atoms with van der Waals surface area (Å²) in [6, 6.07) is 13.5. The van der Waals surface area contributed by atoms with E-state index >= 15 is 0 Å². The number of anilines is 1. The Labute approximate surface area is 178 Å². The quantitative estimate of drug-likeness (QED) is 0.742. The smallest absolute Gasteiger partial charge is 0.231 e. The maximum atomic E-state index is 12.7. The molecule has 7 heteroatoms. The summed E-state index contributed by atoms with van der Waals surface area (Å²) in [6.45, 7) is 5.24. The van der Waals surface area contributed by atoms with Crippen molar-refractivity contribution in [3.63, 3.8) is 0 Å². The predicted molar refractivity (Wildman–Crippen MR) is 113 cm³/mol. The highest BCUT2D eigenvalue weighted by Crippen LogP contribution is 2.37. The molecule has 1 saturated heterocycles. The van der Waals surface area contributed by atoms with Gasteiger partial charge in [0.1, 0.15) is 0 Å². The van der Waals surface area contributed by atoms with Crippen molar-refractivity contribution < 1.29 is 19.1 Å². The number of nitrogens with zero attached hydrogens (tertiary/aromatic N) is 1. The molecule has 1 N–H and O–H groups in total. The third-order valence-corrected chi connectivity index (χ3v) is 6.02. The fourth-order valence-corrected chi connectivity index (χ4v) is 3.91. The molecule has 2 aliphatic heterocycles. The number of amides is 2. The minimum absolute atomic E-state index is 0.0591. The van der Waals surface area contributed by atoms with Crippen LogP contribution in [0.25, 0.3) is 0 Å². The monoisotopic (exact) mass is 458 g/mol. The summed E-state index contributed by atoms with van der Waals surface area (Å²) in [6.07, 6.45) is 0.207. The number of hydrogen-bond acceptors (Lipinski definition) is 4. The van der Waals surface area contributed by atoms with Crippen LogP contribution in [0.3, 0.4) is 0 Å². The lowest BCUT2D eigenvalue weighted by Crippen LogP contribution is -2.40. The Morgan fingerprint density at radius 1 is 1.17 bits per heavy atom. The summed E-state index contributed by atoms with van der Waals surface area (Å²) in [5, 5.41) is 3.04. The molecule has 0 aromatic heterocycles. The van der Waals surface area contributed by atoms with E-state index in [2.05, 4.69) is 47.2 Å². The summed E-state index contributed by atoms with van der Waals surface area (Å²) >= 11 is 3.44. The fourth-order valence-electron chi connectivity index (χ4n) is 3.64. The molecular weight excluding hydrogens is 436 g/mol. The molecule has 2 aliphatic rings.